The van der Waals surface area contributed by atoms with Gasteiger partial charge < -0.3 is 10.1 Å². The van der Waals surface area contributed by atoms with Crippen LogP contribution in [0.4, 0.5) is 0 Å². The lowest BCUT2D eigenvalue weighted by molar-refractivity contribution is -0.122. The molecule has 0 unspecified atom stereocenters. The Morgan fingerprint density at radius 2 is 2.42 bits per heavy atom. The number of thiazole rings is 1. The molecule has 0 radical (unpaired) electrons. The molecule has 0 bridgehead atoms. The van der Waals surface area contributed by atoms with Crippen LogP contribution in [0.25, 0.3) is 0 Å². The van der Waals surface area contributed by atoms with Gasteiger partial charge in [0.15, 0.2) is 0 Å². The van der Waals surface area contributed by atoms with E-state index in [-0.39, 0.29) is 12.0 Å². The van der Waals surface area contributed by atoms with Gasteiger partial charge in [-0.2, -0.15) is 0 Å². The Morgan fingerprint density at radius 3 is 3.05 bits per heavy atom. The predicted octanol–water partition coefficient (Wildman–Crippen LogP) is 1.29. The Hall–Kier alpha value is -1.40. The average molecular weight is 281 g/mol. The average Bonchev–Trinajstić information content (AvgIpc) is 2.91. The van der Waals surface area contributed by atoms with E-state index in [9.17, 15) is 4.79 Å². The van der Waals surface area contributed by atoms with Crippen LogP contribution in [0.3, 0.4) is 0 Å². The van der Waals surface area contributed by atoms with Gasteiger partial charge >= 0.3 is 0 Å². The van der Waals surface area contributed by atoms with Crippen LogP contribution >= 0.6 is 11.3 Å². The number of likely N-dealkylation sites (tertiary alicyclic amines) is 1. The highest BCUT2D eigenvalue weighted by Gasteiger charge is 2.22. The maximum atomic E-state index is 11.6. The molecule has 1 amide bonds. The van der Waals surface area contributed by atoms with Crippen LogP contribution in [-0.2, 0) is 4.79 Å². The lowest BCUT2D eigenvalue weighted by Crippen LogP contribution is -2.43. The van der Waals surface area contributed by atoms with Crippen LogP contribution in [0.15, 0.2) is 24.2 Å². The molecule has 1 aliphatic heterocycles. The second-order valence-corrected chi connectivity index (χ2v) is 5.34. The standard InChI is InChI=1S/C13H19N3O2S/c1-2-5-14-12(17)10-16-7-3-11(4-8-16)18-13-15-6-9-19-13/h2,6,9,11H,1,3-5,7-8,10H2,(H,14,17). The largest absolute Gasteiger partial charge is 0.467 e. The van der Waals surface area contributed by atoms with E-state index in [1.54, 1.807) is 12.3 Å². The lowest BCUT2D eigenvalue weighted by Gasteiger charge is -2.30. The Balaban J connectivity index is 1.67. The molecule has 1 aromatic heterocycles. The van der Waals surface area contributed by atoms with Gasteiger partial charge in [0.1, 0.15) is 6.10 Å². The summed E-state index contributed by atoms with van der Waals surface area (Å²) in [7, 11) is 0. The van der Waals surface area contributed by atoms with E-state index in [1.807, 2.05) is 5.38 Å². The first-order valence-corrected chi connectivity index (χ1v) is 7.32. The molecule has 1 N–H and O–H groups in total. The first-order valence-electron chi connectivity index (χ1n) is 6.44. The Kier molecular flexibility index (Phi) is 5.35. The van der Waals surface area contributed by atoms with Gasteiger partial charge in [0.25, 0.3) is 5.19 Å². The number of nitrogens with one attached hydrogen (secondary N) is 1. The fraction of sp³-hybridized carbons (Fsp3) is 0.538. The molecule has 2 heterocycles. The van der Waals surface area contributed by atoms with Crippen molar-refractivity contribution in [2.75, 3.05) is 26.2 Å². The van der Waals surface area contributed by atoms with Crippen molar-refractivity contribution in [1.82, 2.24) is 15.2 Å². The smallest absolute Gasteiger partial charge is 0.273 e. The van der Waals surface area contributed by atoms with Gasteiger partial charge in [-0.05, 0) is 12.8 Å². The van der Waals surface area contributed by atoms with Crippen molar-refractivity contribution in [3.63, 3.8) is 0 Å². The van der Waals surface area contributed by atoms with Crippen LogP contribution in [0.5, 0.6) is 5.19 Å². The molecular weight excluding hydrogens is 262 g/mol. The Morgan fingerprint density at radius 1 is 1.63 bits per heavy atom. The maximum absolute atomic E-state index is 11.6. The molecule has 0 aliphatic carbocycles. The van der Waals surface area contributed by atoms with Gasteiger partial charge in [0, 0.05) is 31.2 Å². The lowest BCUT2D eigenvalue weighted by atomic mass is 10.1. The van der Waals surface area contributed by atoms with Crippen LogP contribution < -0.4 is 10.1 Å². The van der Waals surface area contributed by atoms with Gasteiger partial charge in [-0.3, -0.25) is 9.69 Å². The van der Waals surface area contributed by atoms with E-state index in [0.717, 1.165) is 31.1 Å². The Labute approximate surface area is 117 Å². The molecule has 1 fully saturated rings. The van der Waals surface area contributed by atoms with Crippen LogP contribution in [0.2, 0.25) is 0 Å². The van der Waals surface area contributed by atoms with Gasteiger partial charge in [-0.25, -0.2) is 4.98 Å². The maximum Gasteiger partial charge on any atom is 0.273 e. The van der Waals surface area contributed by atoms with Crippen molar-refractivity contribution in [1.29, 1.82) is 0 Å². The highest BCUT2D eigenvalue weighted by Crippen LogP contribution is 2.20. The summed E-state index contributed by atoms with van der Waals surface area (Å²) in [4.78, 5) is 17.8. The second-order valence-electron chi connectivity index (χ2n) is 4.48. The van der Waals surface area contributed by atoms with E-state index in [1.165, 1.54) is 11.3 Å². The summed E-state index contributed by atoms with van der Waals surface area (Å²) in [6.45, 7) is 6.33. The molecule has 1 aromatic rings. The third-order valence-electron chi connectivity index (χ3n) is 3.02. The number of hydrogen-bond acceptors (Lipinski definition) is 5. The number of rotatable bonds is 6. The fourth-order valence-electron chi connectivity index (χ4n) is 2.04. The molecule has 104 valence electrons. The van der Waals surface area contributed by atoms with Crippen molar-refractivity contribution < 1.29 is 9.53 Å². The number of amides is 1. The van der Waals surface area contributed by atoms with E-state index in [2.05, 4.69) is 21.8 Å². The van der Waals surface area contributed by atoms with Gasteiger partial charge in [0.2, 0.25) is 5.91 Å². The summed E-state index contributed by atoms with van der Waals surface area (Å²) >= 11 is 1.52. The third kappa shape index (κ3) is 4.65. The number of carbonyl (C=O) groups excluding carboxylic acids is 1. The number of hydrogen-bond donors (Lipinski definition) is 1. The quantitative estimate of drug-likeness (QED) is 0.798. The number of nitrogens with zero attached hydrogens (tertiary/aromatic N) is 2. The number of ether oxygens (including phenoxy) is 1. The molecule has 2 rings (SSSR count). The number of piperidine rings is 1. The normalized spacial score (nSPS) is 17.1. The summed E-state index contributed by atoms with van der Waals surface area (Å²) in [5.74, 6) is 0.0548. The van der Waals surface area contributed by atoms with Gasteiger partial charge in [-0.1, -0.05) is 17.4 Å². The molecule has 0 spiro atoms. The van der Waals surface area contributed by atoms with Crippen molar-refractivity contribution in [2.45, 2.75) is 18.9 Å². The van der Waals surface area contributed by atoms with Crippen molar-refractivity contribution in [2.24, 2.45) is 0 Å². The highest BCUT2D eigenvalue weighted by atomic mass is 32.1. The SMILES string of the molecule is C=CCNC(=O)CN1CCC(Oc2nccs2)CC1. The molecular formula is C13H19N3O2S. The molecule has 1 saturated heterocycles. The fourth-order valence-corrected chi connectivity index (χ4v) is 2.59. The van der Waals surface area contributed by atoms with Gasteiger partial charge in [-0.15, -0.1) is 6.58 Å². The third-order valence-corrected chi connectivity index (χ3v) is 3.68. The van der Waals surface area contributed by atoms with E-state index in [0.29, 0.717) is 13.1 Å². The summed E-state index contributed by atoms with van der Waals surface area (Å²) in [6.07, 6.45) is 5.53. The molecule has 0 aromatic carbocycles. The summed E-state index contributed by atoms with van der Waals surface area (Å²) in [6, 6.07) is 0. The van der Waals surface area contributed by atoms with Crippen LogP contribution in [0, 0.1) is 0 Å². The molecule has 1 aliphatic rings. The van der Waals surface area contributed by atoms with Crippen molar-refractivity contribution >= 4 is 17.2 Å². The first kappa shape index (κ1) is 14.0. The van der Waals surface area contributed by atoms with E-state index in [4.69, 9.17) is 4.74 Å². The van der Waals surface area contributed by atoms with Crippen molar-refractivity contribution in [3.05, 3.63) is 24.2 Å². The number of carbonyl (C=O) groups is 1. The zero-order chi connectivity index (χ0) is 13.5. The highest BCUT2D eigenvalue weighted by molar-refractivity contribution is 7.11. The Bertz CT molecular complexity index is 400. The van der Waals surface area contributed by atoms with Crippen LogP contribution in [-0.4, -0.2) is 48.1 Å². The molecule has 6 heteroatoms. The van der Waals surface area contributed by atoms with E-state index < -0.39 is 0 Å². The summed E-state index contributed by atoms with van der Waals surface area (Å²) < 4.78 is 5.78. The zero-order valence-corrected chi connectivity index (χ0v) is 11.7. The molecule has 5 nitrogen and oxygen atoms in total. The van der Waals surface area contributed by atoms with Crippen molar-refractivity contribution in [3.8, 4) is 5.19 Å². The minimum absolute atomic E-state index is 0.0548. The molecule has 0 saturated carbocycles. The van der Waals surface area contributed by atoms with E-state index >= 15 is 0 Å². The topological polar surface area (TPSA) is 54.5 Å². The minimum atomic E-state index is 0.0548. The van der Waals surface area contributed by atoms with Crippen LogP contribution in [0.1, 0.15) is 12.8 Å². The number of aromatic nitrogens is 1. The van der Waals surface area contributed by atoms with Gasteiger partial charge in [0.05, 0.1) is 6.54 Å². The molecule has 19 heavy (non-hydrogen) atoms. The molecule has 0 atom stereocenters. The monoisotopic (exact) mass is 281 g/mol. The summed E-state index contributed by atoms with van der Waals surface area (Å²) in [5.41, 5.74) is 0. The minimum Gasteiger partial charge on any atom is -0.467 e. The first-order chi connectivity index (χ1) is 9.28. The second kappa shape index (κ2) is 7.25. The zero-order valence-electron chi connectivity index (χ0n) is 10.9. The summed E-state index contributed by atoms with van der Waals surface area (Å²) in [5, 5.41) is 5.44. The predicted molar refractivity (Wildman–Crippen MR) is 75.4 cm³/mol.